The summed E-state index contributed by atoms with van der Waals surface area (Å²) in [7, 11) is 3.84. The molecule has 0 spiro atoms. The Morgan fingerprint density at radius 1 is 1.36 bits per heavy atom. The predicted octanol–water partition coefficient (Wildman–Crippen LogP) is 2.13. The third-order valence-corrected chi connectivity index (χ3v) is 3.85. The van der Waals surface area contributed by atoms with E-state index in [4.69, 9.17) is 11.6 Å². The van der Waals surface area contributed by atoms with Crippen LogP contribution < -0.4 is 5.32 Å². The average Bonchev–Trinajstić information content (AvgIpc) is 2.78. The maximum absolute atomic E-state index is 12.0. The molecule has 0 aliphatic heterocycles. The molecule has 2 rings (SSSR count). The second kappa shape index (κ2) is 7.42. The number of hydrogen-bond acceptors (Lipinski definition) is 3. The van der Waals surface area contributed by atoms with Crippen LogP contribution in [0.3, 0.4) is 0 Å². The summed E-state index contributed by atoms with van der Waals surface area (Å²) in [6.07, 6.45) is 1.84. The first-order valence-corrected chi connectivity index (χ1v) is 7.50. The van der Waals surface area contributed by atoms with Gasteiger partial charge in [-0.1, -0.05) is 23.7 Å². The summed E-state index contributed by atoms with van der Waals surface area (Å²) in [6.45, 7) is 3.59. The lowest BCUT2D eigenvalue weighted by molar-refractivity contribution is -0.122. The van der Waals surface area contributed by atoms with Crippen LogP contribution in [0, 0.1) is 6.92 Å². The van der Waals surface area contributed by atoms with Crippen molar-refractivity contribution in [2.24, 2.45) is 7.05 Å². The van der Waals surface area contributed by atoms with Gasteiger partial charge in [-0.2, -0.15) is 5.10 Å². The van der Waals surface area contributed by atoms with Gasteiger partial charge in [0.1, 0.15) is 0 Å². The van der Waals surface area contributed by atoms with Crippen LogP contribution in [0.2, 0.25) is 5.02 Å². The number of rotatable bonds is 6. The third kappa shape index (κ3) is 4.58. The van der Waals surface area contributed by atoms with E-state index in [1.807, 2.05) is 61.1 Å². The molecule has 0 unspecified atom stereocenters. The standard InChI is InChI=1S/C16H21ClN4O/c1-12-14(9-19-21(12)3)10-20(2)11-16(22)18-8-13-4-6-15(17)7-5-13/h4-7,9H,8,10-11H2,1-3H3,(H,18,22). The molecule has 118 valence electrons. The zero-order valence-corrected chi connectivity index (χ0v) is 13.9. The van der Waals surface area contributed by atoms with Gasteiger partial charge in [-0.3, -0.25) is 14.4 Å². The van der Waals surface area contributed by atoms with Gasteiger partial charge in [0.2, 0.25) is 5.91 Å². The monoisotopic (exact) mass is 320 g/mol. The molecular weight excluding hydrogens is 300 g/mol. The van der Waals surface area contributed by atoms with Crippen molar-refractivity contribution in [3.8, 4) is 0 Å². The number of amides is 1. The number of aromatic nitrogens is 2. The van der Waals surface area contributed by atoms with E-state index >= 15 is 0 Å². The van der Waals surface area contributed by atoms with Crippen LogP contribution >= 0.6 is 11.6 Å². The Morgan fingerprint density at radius 3 is 2.64 bits per heavy atom. The number of carbonyl (C=O) groups is 1. The molecule has 0 radical (unpaired) electrons. The highest BCUT2D eigenvalue weighted by molar-refractivity contribution is 6.30. The number of hydrogen-bond donors (Lipinski definition) is 1. The van der Waals surface area contributed by atoms with Crippen LogP contribution in [0.4, 0.5) is 0 Å². The number of benzene rings is 1. The zero-order valence-electron chi connectivity index (χ0n) is 13.1. The van der Waals surface area contributed by atoms with Crippen molar-refractivity contribution in [3.05, 3.63) is 52.3 Å². The molecule has 0 saturated heterocycles. The third-order valence-electron chi connectivity index (χ3n) is 3.59. The van der Waals surface area contributed by atoms with Gasteiger partial charge >= 0.3 is 0 Å². The molecule has 1 aromatic heterocycles. The Kier molecular flexibility index (Phi) is 5.57. The van der Waals surface area contributed by atoms with Crippen molar-refractivity contribution in [1.82, 2.24) is 20.0 Å². The van der Waals surface area contributed by atoms with Crippen LogP contribution in [-0.4, -0.2) is 34.2 Å². The SMILES string of the molecule is Cc1c(CN(C)CC(=O)NCc2ccc(Cl)cc2)cnn1C. The number of likely N-dealkylation sites (N-methyl/N-ethyl adjacent to an activating group) is 1. The van der Waals surface area contributed by atoms with E-state index in [0.29, 0.717) is 24.7 Å². The molecule has 1 heterocycles. The van der Waals surface area contributed by atoms with E-state index in [0.717, 1.165) is 16.8 Å². The first kappa shape index (κ1) is 16.5. The number of halogens is 1. The lowest BCUT2D eigenvalue weighted by atomic mass is 10.2. The van der Waals surface area contributed by atoms with E-state index < -0.39 is 0 Å². The van der Waals surface area contributed by atoms with E-state index in [2.05, 4.69) is 10.4 Å². The minimum absolute atomic E-state index is 0.000932. The largest absolute Gasteiger partial charge is 0.351 e. The summed E-state index contributed by atoms with van der Waals surface area (Å²) in [5.74, 6) is -0.000932. The van der Waals surface area contributed by atoms with E-state index in [-0.39, 0.29) is 5.91 Å². The fraction of sp³-hybridized carbons (Fsp3) is 0.375. The van der Waals surface area contributed by atoms with Crippen molar-refractivity contribution in [1.29, 1.82) is 0 Å². The lowest BCUT2D eigenvalue weighted by Crippen LogP contribution is -2.34. The molecule has 0 aliphatic rings. The topological polar surface area (TPSA) is 50.2 Å². The van der Waals surface area contributed by atoms with Crippen LogP contribution in [0.15, 0.2) is 30.5 Å². The second-order valence-corrected chi connectivity index (χ2v) is 5.89. The van der Waals surface area contributed by atoms with Gasteiger partial charge in [0, 0.05) is 36.4 Å². The van der Waals surface area contributed by atoms with Gasteiger partial charge < -0.3 is 5.32 Å². The fourth-order valence-corrected chi connectivity index (χ4v) is 2.28. The number of aryl methyl sites for hydroxylation is 1. The van der Waals surface area contributed by atoms with E-state index in [1.165, 1.54) is 0 Å². The molecule has 0 saturated carbocycles. The summed E-state index contributed by atoms with van der Waals surface area (Å²) in [5, 5.41) is 7.82. The maximum atomic E-state index is 12.0. The normalized spacial score (nSPS) is 11.0. The zero-order chi connectivity index (χ0) is 16.1. The number of nitrogens with one attached hydrogen (secondary N) is 1. The number of nitrogens with zero attached hydrogens (tertiary/aromatic N) is 3. The fourth-order valence-electron chi connectivity index (χ4n) is 2.15. The first-order valence-electron chi connectivity index (χ1n) is 7.13. The Labute approximate surface area is 135 Å². The predicted molar refractivity (Wildman–Crippen MR) is 87.6 cm³/mol. The van der Waals surface area contributed by atoms with Crippen LogP contribution in [0.1, 0.15) is 16.8 Å². The second-order valence-electron chi connectivity index (χ2n) is 5.45. The van der Waals surface area contributed by atoms with Gasteiger partial charge in [-0.25, -0.2) is 0 Å². The summed E-state index contributed by atoms with van der Waals surface area (Å²) in [6, 6.07) is 7.46. The smallest absolute Gasteiger partial charge is 0.234 e. The highest BCUT2D eigenvalue weighted by atomic mass is 35.5. The summed E-state index contributed by atoms with van der Waals surface area (Å²) in [4.78, 5) is 13.9. The number of carbonyl (C=O) groups excluding carboxylic acids is 1. The molecule has 0 atom stereocenters. The summed E-state index contributed by atoms with van der Waals surface area (Å²) in [5.41, 5.74) is 3.28. The van der Waals surface area contributed by atoms with Gasteiger partial charge in [0.05, 0.1) is 12.7 Å². The Bertz CT molecular complexity index is 636. The molecule has 1 N–H and O–H groups in total. The Morgan fingerprint density at radius 2 is 2.05 bits per heavy atom. The lowest BCUT2D eigenvalue weighted by Gasteiger charge is -2.16. The average molecular weight is 321 g/mol. The molecule has 0 aliphatic carbocycles. The summed E-state index contributed by atoms with van der Waals surface area (Å²) < 4.78 is 1.84. The Hall–Kier alpha value is -1.85. The minimum atomic E-state index is -0.000932. The highest BCUT2D eigenvalue weighted by Gasteiger charge is 2.10. The molecule has 1 amide bonds. The molecule has 5 nitrogen and oxygen atoms in total. The van der Waals surface area contributed by atoms with Gasteiger partial charge in [-0.05, 0) is 31.7 Å². The summed E-state index contributed by atoms with van der Waals surface area (Å²) >= 11 is 5.83. The van der Waals surface area contributed by atoms with Gasteiger partial charge in [0.25, 0.3) is 0 Å². The molecule has 2 aromatic rings. The van der Waals surface area contributed by atoms with Crippen molar-refractivity contribution in [2.75, 3.05) is 13.6 Å². The van der Waals surface area contributed by atoms with Crippen LogP contribution in [0.5, 0.6) is 0 Å². The van der Waals surface area contributed by atoms with Crippen LogP contribution in [0.25, 0.3) is 0 Å². The molecule has 0 fully saturated rings. The molecule has 1 aromatic carbocycles. The van der Waals surface area contributed by atoms with E-state index in [1.54, 1.807) is 0 Å². The van der Waals surface area contributed by atoms with Crippen molar-refractivity contribution < 1.29 is 4.79 Å². The molecule has 6 heteroatoms. The molecular formula is C16H21ClN4O. The maximum Gasteiger partial charge on any atom is 0.234 e. The minimum Gasteiger partial charge on any atom is -0.351 e. The van der Waals surface area contributed by atoms with Crippen molar-refractivity contribution >= 4 is 17.5 Å². The van der Waals surface area contributed by atoms with Crippen molar-refractivity contribution in [3.63, 3.8) is 0 Å². The van der Waals surface area contributed by atoms with Gasteiger partial charge in [0.15, 0.2) is 0 Å². The quantitative estimate of drug-likeness (QED) is 0.887. The van der Waals surface area contributed by atoms with Gasteiger partial charge in [-0.15, -0.1) is 0 Å². The molecule has 22 heavy (non-hydrogen) atoms. The van der Waals surface area contributed by atoms with Crippen molar-refractivity contribution in [2.45, 2.75) is 20.0 Å². The van der Waals surface area contributed by atoms with Crippen LogP contribution in [-0.2, 0) is 24.9 Å². The highest BCUT2D eigenvalue weighted by Crippen LogP contribution is 2.10. The molecule has 0 bridgehead atoms. The first-order chi connectivity index (χ1) is 10.5. The van der Waals surface area contributed by atoms with E-state index in [9.17, 15) is 4.79 Å². The Balaban J connectivity index is 1.78.